The number of hydrogen-bond acceptors (Lipinski definition) is 3. The lowest BCUT2D eigenvalue weighted by Gasteiger charge is -2.12. The molecule has 0 bridgehead atoms. The number of amides is 2. The van der Waals surface area contributed by atoms with Gasteiger partial charge in [-0.3, -0.25) is 4.79 Å². The third-order valence-electron chi connectivity index (χ3n) is 1.90. The van der Waals surface area contributed by atoms with Crippen LogP contribution >= 0.6 is 0 Å². The summed E-state index contributed by atoms with van der Waals surface area (Å²) in [4.78, 5) is 23.6. The molecule has 1 aliphatic heterocycles. The number of nitrogens with zero attached hydrogens (tertiary/aromatic N) is 1. The van der Waals surface area contributed by atoms with Gasteiger partial charge in [0.2, 0.25) is 5.91 Å². The quantitative estimate of drug-likeness (QED) is 0.653. The van der Waals surface area contributed by atoms with Crippen molar-refractivity contribution >= 4 is 12.0 Å². The van der Waals surface area contributed by atoms with Gasteiger partial charge in [0.15, 0.2) is 0 Å². The first kappa shape index (κ1) is 10.6. The third-order valence-corrected chi connectivity index (χ3v) is 1.90. The van der Waals surface area contributed by atoms with Crippen molar-refractivity contribution in [2.45, 2.75) is 6.92 Å². The molecule has 0 atom stereocenters. The molecule has 0 aromatic heterocycles. The van der Waals surface area contributed by atoms with Crippen molar-refractivity contribution in [2.75, 3.05) is 26.2 Å². The van der Waals surface area contributed by atoms with E-state index in [1.165, 1.54) is 0 Å². The first-order valence-corrected chi connectivity index (χ1v) is 4.46. The molecule has 5 heteroatoms. The van der Waals surface area contributed by atoms with Crippen LogP contribution in [0.1, 0.15) is 6.92 Å². The highest BCUT2D eigenvalue weighted by atomic mass is 16.6. The second-order valence-corrected chi connectivity index (χ2v) is 3.14. The first-order chi connectivity index (χ1) is 6.61. The number of ether oxygens (including phenoxy) is 1. The maximum absolute atomic E-state index is 11.1. The maximum Gasteiger partial charge on any atom is 0.409 e. The number of carbonyl (C=O) groups excluding carboxylic acids is 2. The van der Waals surface area contributed by atoms with E-state index in [9.17, 15) is 9.59 Å². The molecule has 0 aromatic rings. The van der Waals surface area contributed by atoms with Crippen LogP contribution in [0, 0.1) is 0 Å². The van der Waals surface area contributed by atoms with Crippen molar-refractivity contribution < 1.29 is 14.3 Å². The Bertz CT molecular complexity index is 263. The summed E-state index contributed by atoms with van der Waals surface area (Å²) in [6, 6.07) is 0. The third kappa shape index (κ3) is 2.76. The Labute approximate surface area is 82.7 Å². The normalized spacial score (nSPS) is 15.2. The van der Waals surface area contributed by atoms with E-state index >= 15 is 0 Å². The predicted molar refractivity (Wildman–Crippen MR) is 50.7 cm³/mol. The smallest absolute Gasteiger partial charge is 0.409 e. The topological polar surface area (TPSA) is 58.6 Å². The van der Waals surface area contributed by atoms with E-state index in [4.69, 9.17) is 4.74 Å². The van der Waals surface area contributed by atoms with Gasteiger partial charge in [-0.25, -0.2) is 4.79 Å². The molecule has 5 nitrogen and oxygen atoms in total. The SMILES string of the molecule is C=C(C)C(=O)NCCN1CCOC1=O. The van der Waals surface area contributed by atoms with Gasteiger partial charge in [0.25, 0.3) is 0 Å². The van der Waals surface area contributed by atoms with E-state index in [-0.39, 0.29) is 12.0 Å². The molecule has 0 unspecified atom stereocenters. The summed E-state index contributed by atoms with van der Waals surface area (Å²) < 4.78 is 4.73. The van der Waals surface area contributed by atoms with Gasteiger partial charge in [0, 0.05) is 18.7 Å². The van der Waals surface area contributed by atoms with Gasteiger partial charge in [-0.05, 0) is 6.92 Å². The summed E-state index contributed by atoms with van der Waals surface area (Å²) in [7, 11) is 0. The predicted octanol–water partition coefficient (Wildman–Crippen LogP) is 0.131. The zero-order valence-corrected chi connectivity index (χ0v) is 8.21. The zero-order chi connectivity index (χ0) is 10.6. The highest BCUT2D eigenvalue weighted by Gasteiger charge is 2.20. The number of carbonyl (C=O) groups is 2. The molecular weight excluding hydrogens is 184 g/mol. The number of nitrogens with one attached hydrogen (secondary N) is 1. The summed E-state index contributed by atoms with van der Waals surface area (Å²) in [6.45, 7) is 7.09. The average Bonchev–Trinajstić information content (AvgIpc) is 2.51. The molecule has 14 heavy (non-hydrogen) atoms. The largest absolute Gasteiger partial charge is 0.448 e. The fraction of sp³-hybridized carbons (Fsp3) is 0.556. The van der Waals surface area contributed by atoms with Crippen LogP contribution in [-0.4, -0.2) is 43.1 Å². The molecule has 0 saturated carbocycles. The van der Waals surface area contributed by atoms with Crippen LogP contribution in [0.4, 0.5) is 4.79 Å². The highest BCUT2D eigenvalue weighted by molar-refractivity contribution is 5.92. The molecule has 1 heterocycles. The molecule has 0 spiro atoms. The van der Waals surface area contributed by atoms with Crippen molar-refractivity contribution in [2.24, 2.45) is 0 Å². The molecule has 0 aromatic carbocycles. The maximum atomic E-state index is 11.1. The van der Waals surface area contributed by atoms with Crippen molar-refractivity contribution in [1.29, 1.82) is 0 Å². The molecule has 2 amide bonds. The molecule has 78 valence electrons. The van der Waals surface area contributed by atoms with Crippen LogP contribution in [0.5, 0.6) is 0 Å². The van der Waals surface area contributed by atoms with Gasteiger partial charge >= 0.3 is 6.09 Å². The van der Waals surface area contributed by atoms with Gasteiger partial charge in [-0.2, -0.15) is 0 Å². The minimum absolute atomic E-state index is 0.183. The molecule has 0 radical (unpaired) electrons. The summed E-state index contributed by atoms with van der Waals surface area (Å²) in [5.41, 5.74) is 0.467. The van der Waals surface area contributed by atoms with Crippen LogP contribution in [0.3, 0.4) is 0 Å². The van der Waals surface area contributed by atoms with E-state index in [0.717, 1.165) is 0 Å². The van der Waals surface area contributed by atoms with E-state index in [0.29, 0.717) is 31.8 Å². The minimum Gasteiger partial charge on any atom is -0.448 e. The summed E-state index contributed by atoms with van der Waals surface area (Å²) in [5.74, 6) is -0.183. The van der Waals surface area contributed by atoms with E-state index in [1.807, 2.05) is 0 Å². The van der Waals surface area contributed by atoms with E-state index in [1.54, 1.807) is 11.8 Å². The van der Waals surface area contributed by atoms with Gasteiger partial charge in [0.1, 0.15) is 6.61 Å². The van der Waals surface area contributed by atoms with Crippen LogP contribution in [0.2, 0.25) is 0 Å². The molecule has 1 aliphatic rings. The van der Waals surface area contributed by atoms with Crippen molar-refractivity contribution in [3.8, 4) is 0 Å². The Morgan fingerprint density at radius 1 is 1.71 bits per heavy atom. The zero-order valence-electron chi connectivity index (χ0n) is 8.21. The second kappa shape index (κ2) is 4.64. The lowest BCUT2D eigenvalue weighted by Crippen LogP contribution is -2.35. The summed E-state index contributed by atoms with van der Waals surface area (Å²) >= 11 is 0. The fourth-order valence-corrected chi connectivity index (χ4v) is 1.08. The second-order valence-electron chi connectivity index (χ2n) is 3.14. The van der Waals surface area contributed by atoms with Gasteiger partial charge in [-0.15, -0.1) is 0 Å². The summed E-state index contributed by atoms with van der Waals surface area (Å²) in [5, 5.41) is 2.64. The van der Waals surface area contributed by atoms with Crippen LogP contribution in [-0.2, 0) is 9.53 Å². The van der Waals surface area contributed by atoms with E-state index < -0.39 is 0 Å². The Morgan fingerprint density at radius 3 is 2.93 bits per heavy atom. The van der Waals surface area contributed by atoms with Crippen LogP contribution in [0.25, 0.3) is 0 Å². The Morgan fingerprint density at radius 2 is 2.43 bits per heavy atom. The molecule has 1 fully saturated rings. The Kier molecular flexibility index (Phi) is 3.50. The van der Waals surface area contributed by atoms with Crippen molar-refractivity contribution in [3.05, 3.63) is 12.2 Å². The van der Waals surface area contributed by atoms with E-state index in [2.05, 4.69) is 11.9 Å². The minimum atomic E-state index is -0.311. The molecule has 0 aliphatic carbocycles. The standard InChI is InChI=1S/C9H14N2O3/c1-7(2)8(12)10-3-4-11-5-6-14-9(11)13/h1,3-6H2,2H3,(H,10,12). The monoisotopic (exact) mass is 198 g/mol. The first-order valence-electron chi connectivity index (χ1n) is 4.46. The fourth-order valence-electron chi connectivity index (χ4n) is 1.08. The lowest BCUT2D eigenvalue weighted by atomic mass is 10.3. The lowest BCUT2D eigenvalue weighted by molar-refractivity contribution is -0.117. The molecule has 1 rings (SSSR count). The highest BCUT2D eigenvalue weighted by Crippen LogP contribution is 2.01. The molecular formula is C9H14N2O3. The van der Waals surface area contributed by atoms with Crippen LogP contribution in [0.15, 0.2) is 12.2 Å². The van der Waals surface area contributed by atoms with Gasteiger partial charge < -0.3 is 15.0 Å². The Balaban J connectivity index is 2.18. The number of hydrogen-bond donors (Lipinski definition) is 1. The van der Waals surface area contributed by atoms with Crippen molar-refractivity contribution in [1.82, 2.24) is 10.2 Å². The van der Waals surface area contributed by atoms with Gasteiger partial charge in [0.05, 0.1) is 6.54 Å². The average molecular weight is 198 g/mol. The number of rotatable bonds is 4. The Hall–Kier alpha value is -1.52. The van der Waals surface area contributed by atoms with Crippen molar-refractivity contribution in [3.63, 3.8) is 0 Å². The molecule has 1 saturated heterocycles. The van der Waals surface area contributed by atoms with Crippen LogP contribution < -0.4 is 5.32 Å². The summed E-state index contributed by atoms with van der Waals surface area (Å²) in [6.07, 6.45) is -0.311. The van der Waals surface area contributed by atoms with Gasteiger partial charge in [-0.1, -0.05) is 6.58 Å². The molecule has 1 N–H and O–H groups in total. The number of cyclic esters (lactones) is 1.